The van der Waals surface area contributed by atoms with E-state index in [0.717, 1.165) is 13.0 Å². The molecule has 0 saturated carbocycles. The second-order valence-electron chi connectivity index (χ2n) is 4.18. The molecule has 0 aliphatic rings. The molecule has 0 bridgehead atoms. The zero-order valence-corrected chi connectivity index (χ0v) is 9.04. The molecule has 0 spiro atoms. The minimum Gasteiger partial charge on any atom is -0.384 e. The number of rotatable bonds is 4. The summed E-state index contributed by atoms with van der Waals surface area (Å²) in [7, 11) is 0. The molecule has 1 aromatic heterocycles. The largest absolute Gasteiger partial charge is 0.384 e. The lowest BCUT2D eigenvalue weighted by Crippen LogP contribution is -2.23. The van der Waals surface area contributed by atoms with E-state index in [1.165, 1.54) is 0 Å². The zero-order valence-electron chi connectivity index (χ0n) is 9.04. The third-order valence-electron chi connectivity index (χ3n) is 2.36. The van der Waals surface area contributed by atoms with E-state index < -0.39 is 0 Å². The summed E-state index contributed by atoms with van der Waals surface area (Å²) in [4.78, 5) is 8.14. The quantitative estimate of drug-likeness (QED) is 0.768. The van der Waals surface area contributed by atoms with Crippen LogP contribution in [0.5, 0.6) is 0 Å². The number of nitrogens with two attached hydrogens (primary N) is 1. The summed E-state index contributed by atoms with van der Waals surface area (Å²) < 4.78 is 0. The van der Waals surface area contributed by atoms with Crippen molar-refractivity contribution in [2.75, 3.05) is 17.6 Å². The van der Waals surface area contributed by atoms with Gasteiger partial charge in [-0.2, -0.15) is 4.98 Å². The van der Waals surface area contributed by atoms with Crippen LogP contribution in [0.1, 0.15) is 27.2 Å². The Hall–Kier alpha value is -1.32. The lowest BCUT2D eigenvalue weighted by molar-refractivity contribution is 0.376. The van der Waals surface area contributed by atoms with Gasteiger partial charge in [-0.1, -0.05) is 20.8 Å². The first-order valence-corrected chi connectivity index (χ1v) is 4.86. The minimum absolute atomic E-state index is 0.258. The Morgan fingerprint density at radius 3 is 2.79 bits per heavy atom. The SMILES string of the molecule is CCC(C)(C)CNc1nccc(N)n1. The van der Waals surface area contributed by atoms with Crippen LogP contribution in [0, 0.1) is 5.41 Å². The number of nitrogens with zero attached hydrogens (tertiary/aromatic N) is 2. The van der Waals surface area contributed by atoms with Crippen LogP contribution in [0.2, 0.25) is 0 Å². The number of hydrogen-bond donors (Lipinski definition) is 2. The van der Waals surface area contributed by atoms with Crippen molar-refractivity contribution in [3.63, 3.8) is 0 Å². The molecule has 4 heteroatoms. The molecule has 0 atom stereocenters. The van der Waals surface area contributed by atoms with Gasteiger partial charge in [0.05, 0.1) is 0 Å². The van der Waals surface area contributed by atoms with E-state index >= 15 is 0 Å². The molecule has 1 heterocycles. The molecule has 14 heavy (non-hydrogen) atoms. The summed E-state index contributed by atoms with van der Waals surface area (Å²) in [6, 6.07) is 1.68. The normalized spacial score (nSPS) is 11.4. The van der Waals surface area contributed by atoms with Crippen LogP contribution in [0.15, 0.2) is 12.3 Å². The maximum atomic E-state index is 5.54. The second-order valence-corrected chi connectivity index (χ2v) is 4.18. The molecule has 0 fully saturated rings. The van der Waals surface area contributed by atoms with Crippen molar-refractivity contribution in [2.24, 2.45) is 5.41 Å². The fraction of sp³-hybridized carbons (Fsp3) is 0.600. The average Bonchev–Trinajstić information content (AvgIpc) is 2.15. The topological polar surface area (TPSA) is 63.8 Å². The molecule has 0 aliphatic carbocycles. The summed E-state index contributed by atoms with van der Waals surface area (Å²) in [5, 5.41) is 3.17. The van der Waals surface area contributed by atoms with Gasteiger partial charge in [0.1, 0.15) is 5.82 Å². The first-order valence-electron chi connectivity index (χ1n) is 4.86. The Morgan fingerprint density at radius 1 is 1.50 bits per heavy atom. The lowest BCUT2D eigenvalue weighted by Gasteiger charge is -2.22. The molecule has 0 aromatic carbocycles. The summed E-state index contributed by atoms with van der Waals surface area (Å²) >= 11 is 0. The number of aromatic nitrogens is 2. The first-order chi connectivity index (χ1) is 6.53. The Kier molecular flexibility index (Phi) is 3.28. The smallest absolute Gasteiger partial charge is 0.224 e. The Morgan fingerprint density at radius 2 is 2.21 bits per heavy atom. The fourth-order valence-corrected chi connectivity index (χ4v) is 0.901. The van der Waals surface area contributed by atoms with Gasteiger partial charge in [0.15, 0.2) is 0 Å². The van der Waals surface area contributed by atoms with Gasteiger partial charge >= 0.3 is 0 Å². The summed E-state index contributed by atoms with van der Waals surface area (Å²) in [5.41, 5.74) is 5.80. The molecule has 0 aliphatic heterocycles. The van der Waals surface area contributed by atoms with Crippen molar-refractivity contribution >= 4 is 11.8 Å². The predicted molar refractivity (Wildman–Crippen MR) is 59.0 cm³/mol. The minimum atomic E-state index is 0.258. The summed E-state index contributed by atoms with van der Waals surface area (Å²) in [6.07, 6.45) is 2.77. The first kappa shape index (κ1) is 10.8. The van der Waals surface area contributed by atoms with Crippen molar-refractivity contribution in [1.82, 2.24) is 9.97 Å². The van der Waals surface area contributed by atoms with Crippen LogP contribution in [-0.2, 0) is 0 Å². The van der Waals surface area contributed by atoms with E-state index in [9.17, 15) is 0 Å². The summed E-state index contributed by atoms with van der Waals surface area (Å²) in [5.74, 6) is 1.10. The van der Waals surface area contributed by atoms with Gasteiger partial charge in [-0.05, 0) is 17.9 Å². The highest BCUT2D eigenvalue weighted by Gasteiger charge is 2.14. The lowest BCUT2D eigenvalue weighted by atomic mass is 9.90. The van der Waals surface area contributed by atoms with Crippen molar-refractivity contribution < 1.29 is 0 Å². The van der Waals surface area contributed by atoms with E-state index in [1.54, 1.807) is 12.3 Å². The van der Waals surface area contributed by atoms with Gasteiger partial charge in [-0.25, -0.2) is 4.98 Å². The summed E-state index contributed by atoms with van der Waals surface area (Å²) in [6.45, 7) is 7.42. The predicted octanol–water partition coefficient (Wildman–Crippen LogP) is 1.91. The third kappa shape index (κ3) is 3.20. The van der Waals surface area contributed by atoms with Gasteiger partial charge < -0.3 is 11.1 Å². The van der Waals surface area contributed by atoms with E-state index in [-0.39, 0.29) is 5.41 Å². The van der Waals surface area contributed by atoms with E-state index in [0.29, 0.717) is 11.8 Å². The molecule has 4 nitrogen and oxygen atoms in total. The molecule has 1 aromatic rings. The maximum Gasteiger partial charge on any atom is 0.224 e. The Labute approximate surface area is 85.0 Å². The standard InChI is InChI=1S/C10H18N4/c1-4-10(2,3)7-13-9-12-6-5-8(11)14-9/h5-6H,4,7H2,1-3H3,(H3,11,12,13,14). The van der Waals surface area contributed by atoms with Gasteiger partial charge in [0, 0.05) is 12.7 Å². The fourth-order valence-electron chi connectivity index (χ4n) is 0.901. The zero-order chi connectivity index (χ0) is 10.6. The van der Waals surface area contributed by atoms with Crippen molar-refractivity contribution in [1.29, 1.82) is 0 Å². The number of anilines is 2. The maximum absolute atomic E-state index is 5.54. The third-order valence-corrected chi connectivity index (χ3v) is 2.36. The Balaban J connectivity index is 2.54. The molecule has 78 valence electrons. The van der Waals surface area contributed by atoms with Gasteiger partial charge in [-0.15, -0.1) is 0 Å². The molecule has 0 radical (unpaired) electrons. The van der Waals surface area contributed by atoms with Gasteiger partial charge in [-0.3, -0.25) is 0 Å². The molecule has 0 saturated heterocycles. The molecular weight excluding hydrogens is 176 g/mol. The Bertz CT molecular complexity index is 296. The highest BCUT2D eigenvalue weighted by molar-refractivity contribution is 5.35. The van der Waals surface area contributed by atoms with E-state index in [1.807, 2.05) is 0 Å². The van der Waals surface area contributed by atoms with Crippen LogP contribution >= 0.6 is 0 Å². The number of nitrogens with one attached hydrogen (secondary N) is 1. The molecular formula is C10H18N4. The van der Waals surface area contributed by atoms with Gasteiger partial charge in [0.2, 0.25) is 5.95 Å². The highest BCUT2D eigenvalue weighted by atomic mass is 15.1. The van der Waals surface area contributed by atoms with Crippen molar-refractivity contribution in [3.05, 3.63) is 12.3 Å². The van der Waals surface area contributed by atoms with Crippen LogP contribution in [0.4, 0.5) is 11.8 Å². The van der Waals surface area contributed by atoms with E-state index in [2.05, 4.69) is 36.1 Å². The van der Waals surface area contributed by atoms with Gasteiger partial charge in [0.25, 0.3) is 0 Å². The highest BCUT2D eigenvalue weighted by Crippen LogP contribution is 2.19. The molecule has 0 amide bonds. The molecule has 1 rings (SSSR count). The van der Waals surface area contributed by atoms with Crippen molar-refractivity contribution in [3.8, 4) is 0 Å². The molecule has 0 unspecified atom stereocenters. The number of hydrogen-bond acceptors (Lipinski definition) is 4. The van der Waals surface area contributed by atoms with Crippen LogP contribution in [0.3, 0.4) is 0 Å². The van der Waals surface area contributed by atoms with Crippen LogP contribution < -0.4 is 11.1 Å². The van der Waals surface area contributed by atoms with Crippen molar-refractivity contribution in [2.45, 2.75) is 27.2 Å². The van der Waals surface area contributed by atoms with Crippen LogP contribution in [-0.4, -0.2) is 16.5 Å². The number of nitrogen functional groups attached to an aromatic ring is 1. The monoisotopic (exact) mass is 194 g/mol. The second kappa shape index (κ2) is 4.26. The van der Waals surface area contributed by atoms with Crippen LogP contribution in [0.25, 0.3) is 0 Å². The van der Waals surface area contributed by atoms with E-state index in [4.69, 9.17) is 5.73 Å². The average molecular weight is 194 g/mol. The molecule has 3 N–H and O–H groups in total.